The number of rotatable bonds is 2. The average Bonchev–Trinajstić information content (AvgIpc) is 3.01. The maximum Gasteiger partial charge on any atom is 0.182 e. The fourth-order valence-electron chi connectivity index (χ4n) is 2.86. The van der Waals surface area contributed by atoms with Gasteiger partial charge < -0.3 is 9.64 Å². The van der Waals surface area contributed by atoms with E-state index in [0.29, 0.717) is 29.3 Å². The number of halogens is 1. The maximum absolute atomic E-state index is 6.38. The first-order valence-electron chi connectivity index (χ1n) is 7.75. The minimum absolute atomic E-state index is 0.0349. The molecule has 0 radical (unpaired) electrons. The molecule has 0 bridgehead atoms. The summed E-state index contributed by atoms with van der Waals surface area (Å²) < 4.78 is 7.66. The van der Waals surface area contributed by atoms with E-state index in [1.54, 1.807) is 10.9 Å². The summed E-state index contributed by atoms with van der Waals surface area (Å²) in [6.45, 7) is 3.96. The number of ether oxygens (including phenoxy) is 1. The van der Waals surface area contributed by atoms with Crippen LogP contribution in [0.2, 0.25) is 5.02 Å². The number of hydrogen-bond acceptors (Lipinski definition) is 6. The Bertz CT molecular complexity index is 895. The number of pyridine rings is 1. The molecule has 0 saturated carbocycles. The van der Waals surface area contributed by atoms with Crippen LogP contribution in [0.15, 0.2) is 24.7 Å². The minimum atomic E-state index is -0.0349. The van der Waals surface area contributed by atoms with Crippen molar-refractivity contribution in [1.82, 2.24) is 24.7 Å². The second-order valence-electron chi connectivity index (χ2n) is 5.90. The van der Waals surface area contributed by atoms with Crippen LogP contribution in [0, 0.1) is 6.92 Å². The molecule has 24 heavy (non-hydrogen) atoms. The minimum Gasteiger partial charge on any atom is -0.370 e. The summed E-state index contributed by atoms with van der Waals surface area (Å²) in [5.74, 6) is 0.796. The van der Waals surface area contributed by atoms with E-state index in [0.717, 1.165) is 23.6 Å². The van der Waals surface area contributed by atoms with Gasteiger partial charge in [-0.25, -0.2) is 15.0 Å². The van der Waals surface area contributed by atoms with Crippen LogP contribution in [0.4, 0.5) is 5.82 Å². The smallest absolute Gasteiger partial charge is 0.182 e. The molecule has 0 unspecified atom stereocenters. The number of aromatic nitrogens is 5. The zero-order chi connectivity index (χ0) is 16.7. The monoisotopic (exact) mass is 344 g/mol. The summed E-state index contributed by atoms with van der Waals surface area (Å²) in [5.41, 5.74) is 3.08. The lowest BCUT2D eigenvalue weighted by molar-refractivity contribution is 0.0395. The molecule has 0 aromatic carbocycles. The van der Waals surface area contributed by atoms with Gasteiger partial charge in [0.1, 0.15) is 17.4 Å². The summed E-state index contributed by atoms with van der Waals surface area (Å²) in [7, 11) is 1.90. The standard InChI is InChI=1S/C16H17ClN6O/c1-10-6-18-15-12(17)5-14(21-16(15)20-10)23-3-4-24-13(9-23)11-7-19-22(2)8-11/h5-8,13H,3-4,9H2,1-2H3/t13-/m1/s1. The highest BCUT2D eigenvalue weighted by Gasteiger charge is 2.24. The van der Waals surface area contributed by atoms with E-state index in [9.17, 15) is 0 Å². The Balaban J connectivity index is 1.66. The summed E-state index contributed by atoms with van der Waals surface area (Å²) in [5, 5.41) is 4.78. The van der Waals surface area contributed by atoms with E-state index < -0.39 is 0 Å². The van der Waals surface area contributed by atoms with Crippen molar-refractivity contribution >= 4 is 28.6 Å². The quantitative estimate of drug-likeness (QED) is 0.710. The van der Waals surface area contributed by atoms with E-state index >= 15 is 0 Å². The lowest BCUT2D eigenvalue weighted by atomic mass is 10.1. The first kappa shape index (κ1) is 15.3. The van der Waals surface area contributed by atoms with Crippen molar-refractivity contribution in [2.24, 2.45) is 7.05 Å². The first-order valence-corrected chi connectivity index (χ1v) is 8.13. The third-order valence-electron chi connectivity index (χ3n) is 4.06. The second-order valence-corrected chi connectivity index (χ2v) is 6.31. The zero-order valence-electron chi connectivity index (χ0n) is 13.5. The fraction of sp³-hybridized carbons (Fsp3) is 0.375. The third-order valence-corrected chi connectivity index (χ3v) is 4.35. The van der Waals surface area contributed by atoms with E-state index in [2.05, 4.69) is 25.0 Å². The lowest BCUT2D eigenvalue weighted by Crippen LogP contribution is -2.38. The van der Waals surface area contributed by atoms with Crippen LogP contribution >= 0.6 is 11.6 Å². The van der Waals surface area contributed by atoms with Gasteiger partial charge in [-0.15, -0.1) is 0 Å². The first-order chi connectivity index (χ1) is 11.6. The number of morpholine rings is 1. The number of hydrogen-bond donors (Lipinski definition) is 0. The van der Waals surface area contributed by atoms with Crippen LogP contribution in [0.25, 0.3) is 11.2 Å². The van der Waals surface area contributed by atoms with Gasteiger partial charge in [0.15, 0.2) is 5.65 Å². The van der Waals surface area contributed by atoms with Crippen LogP contribution in [0.3, 0.4) is 0 Å². The van der Waals surface area contributed by atoms with E-state index in [4.69, 9.17) is 16.3 Å². The fourth-order valence-corrected chi connectivity index (χ4v) is 3.09. The molecule has 8 heteroatoms. The Kier molecular flexibility index (Phi) is 3.82. The average molecular weight is 345 g/mol. The largest absolute Gasteiger partial charge is 0.370 e. The molecule has 4 heterocycles. The molecule has 1 atom stereocenters. The molecule has 0 N–H and O–H groups in total. The molecule has 0 spiro atoms. The zero-order valence-corrected chi connectivity index (χ0v) is 14.2. The summed E-state index contributed by atoms with van der Waals surface area (Å²) in [6.07, 6.45) is 5.48. The summed E-state index contributed by atoms with van der Waals surface area (Å²) in [4.78, 5) is 15.6. The maximum atomic E-state index is 6.38. The molecule has 1 aliphatic heterocycles. The number of aryl methyl sites for hydroxylation is 2. The van der Waals surface area contributed by atoms with Gasteiger partial charge in [0.2, 0.25) is 0 Å². The Labute approximate surface area is 144 Å². The van der Waals surface area contributed by atoms with Crippen molar-refractivity contribution in [3.05, 3.63) is 40.9 Å². The molecule has 7 nitrogen and oxygen atoms in total. The van der Waals surface area contributed by atoms with Crippen molar-refractivity contribution in [3.63, 3.8) is 0 Å². The van der Waals surface area contributed by atoms with Gasteiger partial charge in [-0.2, -0.15) is 5.10 Å². The van der Waals surface area contributed by atoms with Crippen LogP contribution in [0.5, 0.6) is 0 Å². The highest BCUT2D eigenvalue weighted by atomic mass is 35.5. The Hall–Kier alpha value is -2.25. The van der Waals surface area contributed by atoms with Gasteiger partial charge >= 0.3 is 0 Å². The molecular weight excluding hydrogens is 328 g/mol. The SMILES string of the molecule is Cc1cnc2c(Cl)cc(N3CCO[C@@H](c4cnn(C)c4)C3)nc2n1. The normalized spacial score (nSPS) is 18.3. The van der Waals surface area contributed by atoms with Crippen molar-refractivity contribution < 1.29 is 4.74 Å². The molecule has 4 rings (SSSR count). The van der Waals surface area contributed by atoms with Crippen molar-refractivity contribution in [3.8, 4) is 0 Å². The van der Waals surface area contributed by atoms with Gasteiger partial charge in [0.25, 0.3) is 0 Å². The molecule has 124 valence electrons. The van der Waals surface area contributed by atoms with E-state index in [-0.39, 0.29) is 6.10 Å². The Morgan fingerprint density at radius 3 is 2.96 bits per heavy atom. The van der Waals surface area contributed by atoms with Crippen molar-refractivity contribution in [2.75, 3.05) is 24.6 Å². The van der Waals surface area contributed by atoms with Crippen LogP contribution in [0.1, 0.15) is 17.4 Å². The predicted molar refractivity (Wildman–Crippen MR) is 91.2 cm³/mol. The Morgan fingerprint density at radius 2 is 2.17 bits per heavy atom. The van der Waals surface area contributed by atoms with Gasteiger partial charge in [0, 0.05) is 44.2 Å². The van der Waals surface area contributed by atoms with E-state index in [1.165, 1.54) is 0 Å². The molecule has 1 aliphatic rings. The van der Waals surface area contributed by atoms with Crippen LogP contribution < -0.4 is 4.90 Å². The van der Waals surface area contributed by atoms with Crippen molar-refractivity contribution in [1.29, 1.82) is 0 Å². The van der Waals surface area contributed by atoms with E-state index in [1.807, 2.05) is 32.4 Å². The highest BCUT2D eigenvalue weighted by molar-refractivity contribution is 6.35. The van der Waals surface area contributed by atoms with Crippen LogP contribution in [-0.4, -0.2) is 44.4 Å². The van der Waals surface area contributed by atoms with Gasteiger partial charge in [-0.3, -0.25) is 4.68 Å². The summed E-state index contributed by atoms with van der Waals surface area (Å²) >= 11 is 6.38. The van der Waals surface area contributed by atoms with Crippen LogP contribution in [-0.2, 0) is 11.8 Å². The Morgan fingerprint density at radius 1 is 1.29 bits per heavy atom. The molecule has 3 aromatic heterocycles. The molecule has 1 saturated heterocycles. The molecule has 1 fully saturated rings. The van der Waals surface area contributed by atoms with Gasteiger partial charge in [0.05, 0.1) is 23.5 Å². The lowest BCUT2D eigenvalue weighted by Gasteiger charge is -2.33. The summed E-state index contributed by atoms with van der Waals surface area (Å²) in [6, 6.07) is 1.85. The highest BCUT2D eigenvalue weighted by Crippen LogP contribution is 2.28. The van der Waals surface area contributed by atoms with Crippen molar-refractivity contribution in [2.45, 2.75) is 13.0 Å². The van der Waals surface area contributed by atoms with Gasteiger partial charge in [-0.05, 0) is 6.92 Å². The number of fused-ring (bicyclic) bond motifs is 1. The number of anilines is 1. The molecule has 3 aromatic rings. The number of nitrogens with zero attached hydrogens (tertiary/aromatic N) is 6. The predicted octanol–water partition coefficient (Wildman–Crippen LogP) is 2.30. The second kappa shape index (κ2) is 5.99. The third kappa shape index (κ3) is 2.81. The topological polar surface area (TPSA) is 69.0 Å². The molecular formula is C16H17ClN6O. The van der Waals surface area contributed by atoms with Gasteiger partial charge in [-0.1, -0.05) is 11.6 Å². The molecule has 0 amide bonds. The molecule has 0 aliphatic carbocycles.